The van der Waals surface area contributed by atoms with Crippen molar-refractivity contribution in [1.82, 2.24) is 19.2 Å². The smallest absolute Gasteiger partial charge is 0.340 e. The zero-order chi connectivity index (χ0) is 26.4. The second-order valence-corrected chi connectivity index (χ2v) is 12.0. The van der Waals surface area contributed by atoms with Crippen LogP contribution in [0.4, 0.5) is 0 Å². The molecule has 10 nitrogen and oxygen atoms in total. The van der Waals surface area contributed by atoms with Gasteiger partial charge in [0.05, 0.1) is 6.61 Å². The average Bonchev–Trinajstić information content (AvgIpc) is 2.79. The molecule has 34 heavy (non-hydrogen) atoms. The molecule has 0 radical (unpaired) electrons. The van der Waals surface area contributed by atoms with Gasteiger partial charge in [-0.15, -0.1) is 0 Å². The number of hydrogen-bond donors (Lipinski definition) is 2. The number of esters is 1. The lowest BCUT2D eigenvalue weighted by atomic mass is 10.1. The van der Waals surface area contributed by atoms with Gasteiger partial charge in [0.15, 0.2) is 6.17 Å². The minimum Gasteiger partial charge on any atom is -0.463 e. The zero-order valence-electron chi connectivity index (χ0n) is 20.8. The maximum atomic E-state index is 12.8. The lowest BCUT2D eigenvalue weighted by Crippen LogP contribution is -2.58. The molecule has 14 heteroatoms. The molecule has 0 aromatic rings. The summed E-state index contributed by atoms with van der Waals surface area (Å²) >= 11 is 10.1. The van der Waals surface area contributed by atoms with Crippen molar-refractivity contribution in [2.45, 2.75) is 79.3 Å². The van der Waals surface area contributed by atoms with Crippen molar-refractivity contribution in [3.63, 3.8) is 0 Å². The second kappa shape index (κ2) is 16.7. The molecule has 0 aromatic carbocycles. The number of rotatable bonds is 16. The molecule has 2 N–H and O–H groups in total. The molecule has 0 saturated heterocycles. The molecule has 0 fully saturated rings. The second-order valence-electron chi connectivity index (χ2n) is 7.49. The molecule has 200 valence electrons. The minimum absolute atomic E-state index is 0.0336. The fourth-order valence-electron chi connectivity index (χ4n) is 2.97. The normalized spacial score (nSPS) is 11.9. The number of carbonyl (C=O) groups excluding carboxylic acids is 1. The van der Waals surface area contributed by atoms with Gasteiger partial charge in [-0.25, -0.2) is 21.6 Å². The van der Waals surface area contributed by atoms with Gasteiger partial charge in [0.1, 0.15) is 0 Å². The lowest BCUT2D eigenvalue weighted by Gasteiger charge is -2.26. The number of nitrogens with one attached hydrogen (secondary N) is 2. The summed E-state index contributed by atoms with van der Waals surface area (Å²) in [5.41, 5.74) is 0. The Bertz CT molecular complexity index is 800. The van der Waals surface area contributed by atoms with Crippen molar-refractivity contribution in [3.8, 4) is 0 Å². The predicted octanol–water partition coefficient (Wildman–Crippen LogP) is 2.31. The number of unbranched alkanes of at least 4 members (excludes halogenated alkanes) is 5. The van der Waals surface area contributed by atoms with Crippen molar-refractivity contribution in [3.05, 3.63) is 0 Å². The highest BCUT2D eigenvalue weighted by molar-refractivity contribution is 8.16. The SMILES string of the molecule is CCCCCCCCOC(=O)C(NS(=O)(=O)C(=S)N(CC)CC)NS(=O)(=O)C(=S)N(CC)CC. The van der Waals surface area contributed by atoms with Crippen LogP contribution in [0.5, 0.6) is 0 Å². The highest BCUT2D eigenvalue weighted by Gasteiger charge is 2.35. The van der Waals surface area contributed by atoms with Gasteiger partial charge in [-0.2, -0.15) is 9.44 Å². The topological polar surface area (TPSA) is 125 Å². The molecule has 0 bridgehead atoms. The van der Waals surface area contributed by atoms with Crippen molar-refractivity contribution < 1.29 is 26.4 Å². The lowest BCUT2D eigenvalue weighted by molar-refractivity contribution is -0.146. The van der Waals surface area contributed by atoms with E-state index in [1.165, 1.54) is 9.80 Å². The Hall–Kier alpha value is -0.930. The van der Waals surface area contributed by atoms with Crippen LogP contribution in [0.1, 0.15) is 73.1 Å². The molecule has 0 saturated carbocycles. The summed E-state index contributed by atoms with van der Waals surface area (Å²) in [7, 11) is -8.76. The van der Waals surface area contributed by atoms with E-state index in [2.05, 4.69) is 6.92 Å². The van der Waals surface area contributed by atoms with Crippen LogP contribution >= 0.6 is 24.4 Å². The summed E-state index contributed by atoms with van der Waals surface area (Å²) in [6.07, 6.45) is 3.82. The Morgan fingerprint density at radius 1 is 0.735 bits per heavy atom. The molecular weight excluding hydrogens is 521 g/mol. The van der Waals surface area contributed by atoms with Crippen LogP contribution in [0, 0.1) is 0 Å². The van der Waals surface area contributed by atoms with Crippen molar-refractivity contribution in [2.24, 2.45) is 0 Å². The fourth-order valence-corrected chi connectivity index (χ4v) is 6.18. The van der Waals surface area contributed by atoms with E-state index < -0.39 is 40.8 Å². The van der Waals surface area contributed by atoms with Gasteiger partial charge in [0, 0.05) is 26.2 Å². The van der Waals surface area contributed by atoms with Gasteiger partial charge in [-0.05, 0) is 58.6 Å². The van der Waals surface area contributed by atoms with Crippen molar-refractivity contribution in [1.29, 1.82) is 0 Å². The van der Waals surface area contributed by atoms with Gasteiger partial charge in [0.2, 0.25) is 8.64 Å². The maximum Gasteiger partial charge on any atom is 0.340 e. The van der Waals surface area contributed by atoms with Crippen molar-refractivity contribution in [2.75, 3.05) is 32.8 Å². The Kier molecular flexibility index (Phi) is 16.2. The van der Waals surface area contributed by atoms with Gasteiger partial charge in [-0.1, -0.05) is 39.0 Å². The summed E-state index contributed by atoms with van der Waals surface area (Å²) in [5, 5.41) is 0. The first kappa shape index (κ1) is 33.1. The van der Waals surface area contributed by atoms with E-state index in [0.717, 1.165) is 32.1 Å². The fraction of sp³-hybridized carbons (Fsp3) is 0.850. The van der Waals surface area contributed by atoms with E-state index in [4.69, 9.17) is 29.2 Å². The Morgan fingerprint density at radius 2 is 1.12 bits per heavy atom. The first-order valence-electron chi connectivity index (χ1n) is 11.7. The quantitative estimate of drug-likeness (QED) is 0.126. The molecule has 0 rings (SSSR count). The van der Waals surface area contributed by atoms with Crippen LogP contribution in [0.25, 0.3) is 0 Å². The van der Waals surface area contributed by atoms with E-state index >= 15 is 0 Å². The molecule has 0 aliphatic rings. The van der Waals surface area contributed by atoms with E-state index in [9.17, 15) is 21.6 Å². The van der Waals surface area contributed by atoms with Crippen LogP contribution in [0.2, 0.25) is 0 Å². The summed E-state index contributed by atoms with van der Waals surface area (Å²) in [6, 6.07) is 0. The summed E-state index contributed by atoms with van der Waals surface area (Å²) in [5.74, 6) is -1.08. The first-order chi connectivity index (χ1) is 15.9. The Balaban J connectivity index is 5.57. The molecule has 0 unspecified atom stereocenters. The largest absolute Gasteiger partial charge is 0.463 e. The first-order valence-corrected chi connectivity index (χ1v) is 15.5. The summed E-state index contributed by atoms with van der Waals surface area (Å²) in [6.45, 7) is 10.3. The van der Waals surface area contributed by atoms with Gasteiger partial charge >= 0.3 is 5.97 Å². The van der Waals surface area contributed by atoms with Crippen LogP contribution in [0.15, 0.2) is 0 Å². The maximum absolute atomic E-state index is 12.8. The van der Waals surface area contributed by atoms with Gasteiger partial charge in [0.25, 0.3) is 20.0 Å². The van der Waals surface area contributed by atoms with Gasteiger partial charge in [-0.3, -0.25) is 0 Å². The third-order valence-corrected chi connectivity index (χ3v) is 9.39. The molecule has 0 aromatic heterocycles. The number of thiocarbonyl (C=S) groups is 2. The molecular formula is C20H40N4O6S4. The van der Waals surface area contributed by atoms with E-state index in [0.29, 0.717) is 32.6 Å². The van der Waals surface area contributed by atoms with E-state index in [1.807, 2.05) is 9.44 Å². The van der Waals surface area contributed by atoms with Crippen LogP contribution in [-0.2, 0) is 29.6 Å². The third-order valence-electron chi connectivity index (χ3n) is 5.03. The van der Waals surface area contributed by atoms with Crippen LogP contribution in [-0.4, -0.2) is 80.2 Å². The summed E-state index contributed by atoms with van der Waals surface area (Å²) in [4.78, 5) is 15.5. The monoisotopic (exact) mass is 560 g/mol. The standard InChI is InChI=1S/C20H40N4O6S4/c1-6-11-12-13-14-15-16-30-18(25)17(21-33(26,27)19(31)23(7-2)8-3)22-34(28,29)20(32)24(9-4)10-5/h17,21-22H,6-16H2,1-5H3. The van der Waals surface area contributed by atoms with Crippen molar-refractivity contribution >= 4 is 59.1 Å². The zero-order valence-corrected chi connectivity index (χ0v) is 24.1. The van der Waals surface area contributed by atoms with Crippen LogP contribution in [0.3, 0.4) is 0 Å². The number of hydrogen-bond acceptors (Lipinski definition) is 8. The average molecular weight is 561 g/mol. The molecule has 0 amide bonds. The highest BCUT2D eigenvalue weighted by Crippen LogP contribution is 2.07. The van der Waals surface area contributed by atoms with Gasteiger partial charge < -0.3 is 14.5 Å². The molecule has 0 atom stereocenters. The minimum atomic E-state index is -4.38. The predicted molar refractivity (Wildman–Crippen MR) is 143 cm³/mol. The Labute approximate surface area is 216 Å². The molecule has 0 aliphatic carbocycles. The number of nitrogens with zero attached hydrogens (tertiary/aromatic N) is 2. The molecule has 0 aliphatic heterocycles. The summed E-state index contributed by atoms with van der Waals surface area (Å²) < 4.78 is 59.6. The third kappa shape index (κ3) is 11.2. The Morgan fingerprint density at radius 3 is 1.50 bits per heavy atom. The van der Waals surface area contributed by atoms with E-state index in [1.54, 1.807) is 27.7 Å². The highest BCUT2D eigenvalue weighted by atomic mass is 32.2. The number of ether oxygens (including phenoxy) is 1. The number of carbonyl (C=O) groups is 1. The van der Waals surface area contributed by atoms with Crippen LogP contribution < -0.4 is 9.44 Å². The number of sulfonamides is 2. The molecule has 0 heterocycles. The molecule has 0 spiro atoms. The van der Waals surface area contributed by atoms with E-state index in [-0.39, 0.29) is 6.61 Å².